The van der Waals surface area contributed by atoms with Crippen LogP contribution in [0.25, 0.3) is 10.9 Å². The number of rotatable bonds is 5. The molecule has 0 aliphatic carbocycles. The first-order chi connectivity index (χ1) is 9.12. The van der Waals surface area contributed by atoms with Crippen molar-refractivity contribution < 1.29 is 15.0 Å². The number of carboxylic acid groups (broad SMARTS) is 1. The highest BCUT2D eigenvalue weighted by molar-refractivity contribution is 6.03. The number of aromatic nitrogens is 1. The number of carboxylic acids is 1. The van der Waals surface area contributed by atoms with E-state index in [4.69, 9.17) is 5.11 Å². The number of benzene rings is 1. The molecule has 0 spiro atoms. The summed E-state index contributed by atoms with van der Waals surface area (Å²) in [5.41, 5.74) is 3.20. The Morgan fingerprint density at radius 2 is 2.00 bits per heavy atom. The Morgan fingerprint density at radius 3 is 2.53 bits per heavy atom. The molecule has 4 nitrogen and oxygen atoms in total. The van der Waals surface area contributed by atoms with E-state index in [-0.39, 0.29) is 6.61 Å². The number of nitrogens with zero attached hydrogens (tertiary/aromatic N) is 1. The van der Waals surface area contributed by atoms with Crippen molar-refractivity contribution in [3.63, 3.8) is 0 Å². The maximum Gasteiger partial charge on any atom is 0.337 e. The summed E-state index contributed by atoms with van der Waals surface area (Å²) in [7, 11) is 0. The quantitative estimate of drug-likeness (QED) is 0.869. The van der Waals surface area contributed by atoms with Gasteiger partial charge in [-0.3, -0.25) is 0 Å². The lowest BCUT2D eigenvalue weighted by Crippen LogP contribution is -2.06. The molecular weight excluding hydrogens is 242 g/mol. The van der Waals surface area contributed by atoms with E-state index in [1.807, 2.05) is 17.7 Å². The molecule has 0 atom stereocenters. The zero-order chi connectivity index (χ0) is 14.0. The van der Waals surface area contributed by atoms with Crippen molar-refractivity contribution in [3.05, 3.63) is 35.0 Å². The van der Waals surface area contributed by atoms with Crippen LogP contribution in [-0.2, 0) is 19.4 Å². The summed E-state index contributed by atoms with van der Waals surface area (Å²) in [6.45, 7) is 4.49. The molecule has 0 bridgehead atoms. The largest absolute Gasteiger partial charge is 0.478 e. The molecule has 19 heavy (non-hydrogen) atoms. The van der Waals surface area contributed by atoms with E-state index in [2.05, 4.69) is 13.0 Å². The van der Waals surface area contributed by atoms with Gasteiger partial charge in [-0.05, 0) is 36.1 Å². The SMILES string of the molecule is CCc1cc(C(=O)O)c2c(c1)c(CC)cn2CCO. The number of carbonyl (C=O) groups is 1. The molecule has 0 saturated carbocycles. The molecule has 4 heteroatoms. The summed E-state index contributed by atoms with van der Waals surface area (Å²) in [6.07, 6.45) is 3.61. The number of hydrogen-bond acceptors (Lipinski definition) is 2. The van der Waals surface area contributed by atoms with Gasteiger partial charge in [-0.15, -0.1) is 0 Å². The lowest BCUT2D eigenvalue weighted by molar-refractivity contribution is 0.0698. The molecule has 1 aromatic heterocycles. The zero-order valence-electron chi connectivity index (χ0n) is 11.3. The Bertz CT molecular complexity index is 613. The molecule has 102 valence electrons. The first kappa shape index (κ1) is 13.6. The minimum Gasteiger partial charge on any atom is -0.478 e. The van der Waals surface area contributed by atoms with Crippen LogP contribution in [0, 0.1) is 0 Å². The molecule has 0 aliphatic rings. The predicted octanol–water partition coefficient (Wildman–Crippen LogP) is 2.46. The first-order valence-electron chi connectivity index (χ1n) is 6.61. The van der Waals surface area contributed by atoms with Crippen molar-refractivity contribution in [2.45, 2.75) is 33.2 Å². The third-order valence-electron chi connectivity index (χ3n) is 3.48. The lowest BCUT2D eigenvalue weighted by Gasteiger charge is -2.08. The van der Waals surface area contributed by atoms with Gasteiger partial charge in [0.05, 0.1) is 17.7 Å². The van der Waals surface area contributed by atoms with Gasteiger partial charge in [-0.2, -0.15) is 0 Å². The molecule has 0 amide bonds. The second-order valence-electron chi connectivity index (χ2n) is 4.62. The van der Waals surface area contributed by atoms with Crippen molar-refractivity contribution in [2.75, 3.05) is 6.61 Å². The van der Waals surface area contributed by atoms with Crippen LogP contribution < -0.4 is 0 Å². The molecule has 2 rings (SSSR count). The average Bonchev–Trinajstić information content (AvgIpc) is 2.76. The van der Waals surface area contributed by atoms with E-state index < -0.39 is 5.97 Å². The van der Waals surface area contributed by atoms with E-state index in [1.54, 1.807) is 6.07 Å². The van der Waals surface area contributed by atoms with E-state index in [0.29, 0.717) is 12.1 Å². The average molecular weight is 261 g/mol. The number of aliphatic hydroxyl groups excluding tert-OH is 1. The van der Waals surface area contributed by atoms with Gasteiger partial charge in [-0.1, -0.05) is 13.8 Å². The highest BCUT2D eigenvalue weighted by Crippen LogP contribution is 2.27. The Kier molecular flexibility index (Phi) is 3.90. The number of aromatic carboxylic acids is 1. The van der Waals surface area contributed by atoms with Crippen molar-refractivity contribution >= 4 is 16.9 Å². The molecule has 1 aromatic carbocycles. The zero-order valence-corrected chi connectivity index (χ0v) is 11.3. The van der Waals surface area contributed by atoms with Crippen LogP contribution in [0.5, 0.6) is 0 Å². The molecule has 2 N–H and O–H groups in total. The van der Waals surface area contributed by atoms with Gasteiger partial charge in [0, 0.05) is 18.1 Å². The van der Waals surface area contributed by atoms with Crippen molar-refractivity contribution in [3.8, 4) is 0 Å². The van der Waals surface area contributed by atoms with E-state index in [1.165, 1.54) is 0 Å². The minimum atomic E-state index is -0.916. The van der Waals surface area contributed by atoms with Gasteiger partial charge in [0.1, 0.15) is 0 Å². The molecule has 0 fully saturated rings. The molecular formula is C15H19NO3. The smallest absolute Gasteiger partial charge is 0.337 e. The fourth-order valence-electron chi connectivity index (χ4n) is 2.50. The number of aryl methyl sites for hydroxylation is 2. The van der Waals surface area contributed by atoms with Crippen LogP contribution in [0.2, 0.25) is 0 Å². The summed E-state index contributed by atoms with van der Waals surface area (Å²) in [5.74, 6) is -0.916. The Balaban J connectivity index is 2.81. The number of aliphatic hydroxyl groups is 1. The summed E-state index contributed by atoms with van der Waals surface area (Å²) in [5, 5.41) is 19.5. The molecule has 1 heterocycles. The van der Waals surface area contributed by atoms with Crippen LogP contribution >= 0.6 is 0 Å². The second kappa shape index (κ2) is 5.45. The summed E-state index contributed by atoms with van der Waals surface area (Å²) in [6, 6.07) is 3.80. The Labute approximate surface area is 112 Å². The Hall–Kier alpha value is -1.81. The van der Waals surface area contributed by atoms with Gasteiger partial charge in [0.2, 0.25) is 0 Å². The number of fused-ring (bicyclic) bond motifs is 1. The monoisotopic (exact) mass is 261 g/mol. The number of hydrogen-bond donors (Lipinski definition) is 2. The highest BCUT2D eigenvalue weighted by Gasteiger charge is 2.16. The third kappa shape index (κ3) is 2.36. The standard InChI is InChI=1S/C15H19NO3/c1-3-10-7-12-11(4-2)9-16(5-6-17)14(12)13(8-10)15(18)19/h7-9,17H,3-6H2,1-2H3,(H,18,19). The maximum atomic E-state index is 11.5. The molecule has 0 radical (unpaired) electrons. The van der Waals surface area contributed by atoms with Crippen LogP contribution in [-0.4, -0.2) is 27.4 Å². The van der Waals surface area contributed by atoms with E-state index >= 15 is 0 Å². The van der Waals surface area contributed by atoms with Crippen molar-refractivity contribution in [1.82, 2.24) is 4.57 Å². The molecule has 0 saturated heterocycles. The molecule has 2 aromatic rings. The second-order valence-corrected chi connectivity index (χ2v) is 4.62. The van der Waals surface area contributed by atoms with Gasteiger partial charge in [-0.25, -0.2) is 4.79 Å². The normalized spacial score (nSPS) is 11.1. The fraction of sp³-hybridized carbons (Fsp3) is 0.400. The third-order valence-corrected chi connectivity index (χ3v) is 3.48. The summed E-state index contributed by atoms with van der Waals surface area (Å²) >= 11 is 0. The van der Waals surface area contributed by atoms with E-state index in [9.17, 15) is 9.90 Å². The van der Waals surface area contributed by atoms with Crippen LogP contribution in [0.1, 0.15) is 35.3 Å². The molecule has 0 aliphatic heterocycles. The fourth-order valence-corrected chi connectivity index (χ4v) is 2.50. The lowest BCUT2D eigenvalue weighted by atomic mass is 10.0. The van der Waals surface area contributed by atoms with Gasteiger partial charge in [0.15, 0.2) is 0 Å². The first-order valence-corrected chi connectivity index (χ1v) is 6.61. The van der Waals surface area contributed by atoms with Gasteiger partial charge >= 0.3 is 5.97 Å². The van der Waals surface area contributed by atoms with Crippen molar-refractivity contribution in [2.24, 2.45) is 0 Å². The summed E-state index contributed by atoms with van der Waals surface area (Å²) in [4.78, 5) is 11.5. The van der Waals surface area contributed by atoms with Crippen molar-refractivity contribution in [1.29, 1.82) is 0 Å². The maximum absolute atomic E-state index is 11.5. The van der Waals surface area contributed by atoms with Crippen LogP contribution in [0.4, 0.5) is 0 Å². The topological polar surface area (TPSA) is 62.5 Å². The highest BCUT2D eigenvalue weighted by atomic mass is 16.4. The van der Waals surface area contributed by atoms with Crippen LogP contribution in [0.15, 0.2) is 18.3 Å². The minimum absolute atomic E-state index is 0.00151. The Morgan fingerprint density at radius 1 is 1.26 bits per heavy atom. The van der Waals surface area contributed by atoms with E-state index in [0.717, 1.165) is 34.9 Å². The van der Waals surface area contributed by atoms with Crippen LogP contribution in [0.3, 0.4) is 0 Å². The van der Waals surface area contributed by atoms with Gasteiger partial charge in [0.25, 0.3) is 0 Å². The molecule has 0 unspecified atom stereocenters. The predicted molar refractivity (Wildman–Crippen MR) is 74.7 cm³/mol. The summed E-state index contributed by atoms with van der Waals surface area (Å²) < 4.78 is 1.84. The van der Waals surface area contributed by atoms with Gasteiger partial charge < -0.3 is 14.8 Å².